The minimum Gasteiger partial charge on any atom is -0.493 e. The Kier molecular flexibility index (Phi) is 6.23. The topological polar surface area (TPSA) is 42.5 Å². The maximum atomic E-state index is 5.69. The molecule has 0 aliphatic carbocycles. The zero-order chi connectivity index (χ0) is 16.7. The number of aryl methyl sites for hydroxylation is 2. The summed E-state index contributed by atoms with van der Waals surface area (Å²) in [6.45, 7) is 5.23. The Morgan fingerprint density at radius 3 is 2.52 bits per heavy atom. The van der Waals surface area contributed by atoms with E-state index < -0.39 is 0 Å². The van der Waals surface area contributed by atoms with Crippen molar-refractivity contribution < 1.29 is 9.47 Å². The highest BCUT2D eigenvalue weighted by Crippen LogP contribution is 2.25. The van der Waals surface area contributed by atoms with E-state index in [4.69, 9.17) is 21.7 Å². The van der Waals surface area contributed by atoms with E-state index in [0.29, 0.717) is 18.3 Å². The van der Waals surface area contributed by atoms with Gasteiger partial charge in [0.15, 0.2) is 16.6 Å². The summed E-state index contributed by atoms with van der Waals surface area (Å²) in [7, 11) is 1.63. The number of methoxy groups -OCH3 is 1. The van der Waals surface area contributed by atoms with Crippen LogP contribution in [0, 0.1) is 13.8 Å². The molecule has 0 bridgehead atoms. The van der Waals surface area contributed by atoms with Crippen LogP contribution in [0.15, 0.2) is 42.5 Å². The van der Waals surface area contributed by atoms with Gasteiger partial charge in [0.1, 0.15) is 6.61 Å². The fraction of sp³-hybridized carbons (Fsp3) is 0.278. The standard InChI is InChI=1S/C18H22N2O2S/c1-13-8-9-15(14(2)12-13)20-18(23)19-10-11-22-17-7-5-4-6-16(17)21-3/h4-9,12H,10-11H2,1-3H3,(H2,19,20,23). The first-order chi connectivity index (χ1) is 11.1. The second-order valence-corrected chi connectivity index (χ2v) is 5.61. The maximum absolute atomic E-state index is 5.69. The third kappa shape index (κ3) is 5.14. The van der Waals surface area contributed by atoms with Crippen LogP contribution in [0.2, 0.25) is 0 Å². The molecule has 5 heteroatoms. The van der Waals surface area contributed by atoms with Gasteiger partial charge in [-0.25, -0.2) is 0 Å². The van der Waals surface area contributed by atoms with Crippen molar-refractivity contribution in [3.05, 3.63) is 53.6 Å². The monoisotopic (exact) mass is 330 g/mol. The molecule has 0 aliphatic rings. The van der Waals surface area contributed by atoms with Gasteiger partial charge in [-0.15, -0.1) is 0 Å². The van der Waals surface area contributed by atoms with Gasteiger partial charge in [0.2, 0.25) is 0 Å². The van der Waals surface area contributed by atoms with E-state index in [1.165, 1.54) is 11.1 Å². The molecule has 0 unspecified atom stereocenters. The molecule has 4 nitrogen and oxygen atoms in total. The van der Waals surface area contributed by atoms with Crippen LogP contribution in [0.1, 0.15) is 11.1 Å². The van der Waals surface area contributed by atoms with Gasteiger partial charge in [-0.3, -0.25) is 0 Å². The van der Waals surface area contributed by atoms with Crippen LogP contribution in [0.3, 0.4) is 0 Å². The Morgan fingerprint density at radius 1 is 1.09 bits per heavy atom. The van der Waals surface area contributed by atoms with Gasteiger partial charge in [-0.2, -0.15) is 0 Å². The van der Waals surface area contributed by atoms with E-state index in [0.717, 1.165) is 17.2 Å². The summed E-state index contributed by atoms with van der Waals surface area (Å²) >= 11 is 5.30. The number of hydrogen-bond acceptors (Lipinski definition) is 3. The highest BCUT2D eigenvalue weighted by atomic mass is 32.1. The minimum atomic E-state index is 0.495. The number of thiocarbonyl (C=S) groups is 1. The van der Waals surface area contributed by atoms with Crippen molar-refractivity contribution in [3.63, 3.8) is 0 Å². The van der Waals surface area contributed by atoms with Crippen LogP contribution in [0.4, 0.5) is 5.69 Å². The van der Waals surface area contributed by atoms with Gasteiger partial charge in [0, 0.05) is 5.69 Å². The first kappa shape index (κ1) is 17.1. The lowest BCUT2D eigenvalue weighted by Crippen LogP contribution is -2.32. The average molecular weight is 330 g/mol. The van der Waals surface area contributed by atoms with Gasteiger partial charge < -0.3 is 20.1 Å². The highest BCUT2D eigenvalue weighted by Gasteiger charge is 2.03. The zero-order valence-corrected chi connectivity index (χ0v) is 14.5. The van der Waals surface area contributed by atoms with Crippen LogP contribution in [-0.2, 0) is 0 Å². The lowest BCUT2D eigenvalue weighted by molar-refractivity contribution is 0.298. The Morgan fingerprint density at radius 2 is 1.83 bits per heavy atom. The summed E-state index contributed by atoms with van der Waals surface area (Å²) in [6.07, 6.45) is 0. The second-order valence-electron chi connectivity index (χ2n) is 5.20. The van der Waals surface area contributed by atoms with Gasteiger partial charge in [-0.05, 0) is 49.8 Å². The van der Waals surface area contributed by atoms with Gasteiger partial charge in [0.25, 0.3) is 0 Å². The zero-order valence-electron chi connectivity index (χ0n) is 13.7. The van der Waals surface area contributed by atoms with Crippen molar-refractivity contribution in [1.82, 2.24) is 5.32 Å². The van der Waals surface area contributed by atoms with Gasteiger partial charge in [0.05, 0.1) is 13.7 Å². The van der Waals surface area contributed by atoms with Gasteiger partial charge >= 0.3 is 0 Å². The molecule has 0 spiro atoms. The molecular formula is C18H22N2O2S. The maximum Gasteiger partial charge on any atom is 0.170 e. The van der Waals surface area contributed by atoms with E-state index in [1.54, 1.807) is 7.11 Å². The summed E-state index contributed by atoms with van der Waals surface area (Å²) in [5.74, 6) is 1.45. The fourth-order valence-electron chi connectivity index (χ4n) is 2.18. The Labute approximate surface area is 142 Å². The molecule has 2 N–H and O–H groups in total. The molecule has 23 heavy (non-hydrogen) atoms. The molecule has 2 aromatic carbocycles. The average Bonchev–Trinajstić information content (AvgIpc) is 2.54. The van der Waals surface area contributed by atoms with Gasteiger partial charge in [-0.1, -0.05) is 29.8 Å². The molecule has 0 saturated carbocycles. The van der Waals surface area contributed by atoms with Crippen molar-refractivity contribution in [3.8, 4) is 11.5 Å². The van der Waals surface area contributed by atoms with Crippen molar-refractivity contribution >= 4 is 23.0 Å². The normalized spacial score (nSPS) is 10.0. The minimum absolute atomic E-state index is 0.495. The molecular weight excluding hydrogens is 308 g/mol. The van der Waals surface area contributed by atoms with Crippen LogP contribution >= 0.6 is 12.2 Å². The molecule has 2 aromatic rings. The molecule has 0 atom stereocenters. The number of rotatable bonds is 6. The van der Waals surface area contributed by atoms with E-state index in [-0.39, 0.29) is 0 Å². The predicted octanol–water partition coefficient (Wildman–Crippen LogP) is 3.68. The van der Waals surface area contributed by atoms with E-state index in [9.17, 15) is 0 Å². The smallest absolute Gasteiger partial charge is 0.170 e. The summed E-state index contributed by atoms with van der Waals surface area (Å²) < 4.78 is 10.9. The molecule has 122 valence electrons. The highest BCUT2D eigenvalue weighted by molar-refractivity contribution is 7.80. The van der Waals surface area contributed by atoms with E-state index in [1.807, 2.05) is 30.3 Å². The van der Waals surface area contributed by atoms with Crippen LogP contribution < -0.4 is 20.1 Å². The van der Waals surface area contributed by atoms with Crippen molar-refractivity contribution in [2.75, 3.05) is 25.6 Å². The number of benzene rings is 2. The SMILES string of the molecule is COc1ccccc1OCCNC(=S)Nc1ccc(C)cc1C. The first-order valence-electron chi connectivity index (χ1n) is 7.48. The van der Waals surface area contributed by atoms with Crippen molar-refractivity contribution in [1.29, 1.82) is 0 Å². The molecule has 0 fully saturated rings. The van der Waals surface area contributed by atoms with E-state index >= 15 is 0 Å². The lowest BCUT2D eigenvalue weighted by Gasteiger charge is -2.14. The Bertz CT molecular complexity index is 674. The summed E-state index contributed by atoms with van der Waals surface area (Å²) in [6, 6.07) is 13.8. The molecule has 2 rings (SSSR count). The van der Waals surface area contributed by atoms with Crippen LogP contribution in [-0.4, -0.2) is 25.4 Å². The molecule has 0 heterocycles. The third-order valence-corrected chi connectivity index (χ3v) is 3.59. The number of anilines is 1. The summed E-state index contributed by atoms with van der Waals surface area (Å²) in [4.78, 5) is 0. The molecule has 0 aliphatic heterocycles. The first-order valence-corrected chi connectivity index (χ1v) is 7.89. The molecule has 0 amide bonds. The van der Waals surface area contributed by atoms with Crippen molar-refractivity contribution in [2.45, 2.75) is 13.8 Å². The Hall–Kier alpha value is -2.27. The van der Waals surface area contributed by atoms with Crippen LogP contribution in [0.5, 0.6) is 11.5 Å². The summed E-state index contributed by atoms with van der Waals surface area (Å²) in [5, 5.41) is 6.92. The quantitative estimate of drug-likeness (QED) is 0.625. The number of para-hydroxylation sites is 2. The fourth-order valence-corrected chi connectivity index (χ4v) is 2.40. The Balaban J connectivity index is 1.76. The third-order valence-electron chi connectivity index (χ3n) is 3.34. The largest absolute Gasteiger partial charge is 0.493 e. The number of nitrogens with one attached hydrogen (secondary N) is 2. The van der Waals surface area contributed by atoms with Crippen LogP contribution in [0.25, 0.3) is 0 Å². The lowest BCUT2D eigenvalue weighted by atomic mass is 10.1. The number of ether oxygens (including phenoxy) is 2. The molecule has 0 radical (unpaired) electrons. The molecule has 0 aromatic heterocycles. The number of hydrogen-bond donors (Lipinski definition) is 2. The van der Waals surface area contributed by atoms with E-state index in [2.05, 4.69) is 36.6 Å². The van der Waals surface area contributed by atoms with Crippen molar-refractivity contribution in [2.24, 2.45) is 0 Å². The summed E-state index contributed by atoms with van der Waals surface area (Å²) in [5.41, 5.74) is 3.41. The predicted molar refractivity (Wildman–Crippen MR) is 98.6 cm³/mol. The molecule has 0 saturated heterocycles. The second kappa shape index (κ2) is 8.39.